The maximum absolute atomic E-state index is 2.42. The van der Waals surface area contributed by atoms with Crippen molar-refractivity contribution in [3.8, 4) is 55.6 Å². The first-order valence-corrected chi connectivity index (χ1v) is 18.1. The van der Waals surface area contributed by atoms with Gasteiger partial charge in [0.25, 0.3) is 0 Å². The molecule has 9 rings (SSSR count). The van der Waals surface area contributed by atoms with Crippen LogP contribution in [0.3, 0.4) is 0 Å². The van der Waals surface area contributed by atoms with Gasteiger partial charge in [-0.3, -0.25) is 0 Å². The summed E-state index contributed by atoms with van der Waals surface area (Å²) in [5.41, 5.74) is 18.4. The maximum Gasteiger partial charge on any atom is 0.0465 e. The molecule has 8 aromatic carbocycles. The maximum atomic E-state index is 2.42. The van der Waals surface area contributed by atoms with Gasteiger partial charge in [0.05, 0.1) is 0 Å². The Morgan fingerprint density at radius 1 is 0.308 bits per heavy atom. The molecule has 0 saturated heterocycles. The zero-order valence-corrected chi connectivity index (χ0v) is 29.5. The molecular weight excluding hydrogens is 627 g/mol. The number of fused-ring (bicyclic) bond motifs is 3. The standard InChI is InChI=1S/C51H39N/c1-51(2)48-20-12-19-46(42-23-21-39(22-24-42)36-13-6-3-7-14-36)50(48)47-34-33-45(35-49(47)51)52(43-29-25-40(26-30-43)37-15-8-4-9-16-37)44-31-27-41(28-32-44)38-17-10-5-11-18-38/h3-35H,1-2H3. The quantitative estimate of drug-likeness (QED) is 0.164. The monoisotopic (exact) mass is 665 g/mol. The molecule has 0 bridgehead atoms. The van der Waals surface area contributed by atoms with Crippen molar-refractivity contribution < 1.29 is 0 Å². The second kappa shape index (κ2) is 13.0. The van der Waals surface area contributed by atoms with Crippen LogP contribution in [0.25, 0.3) is 55.6 Å². The van der Waals surface area contributed by atoms with Gasteiger partial charge >= 0.3 is 0 Å². The molecule has 0 amide bonds. The van der Waals surface area contributed by atoms with Gasteiger partial charge in [0.1, 0.15) is 0 Å². The van der Waals surface area contributed by atoms with Crippen molar-refractivity contribution in [3.63, 3.8) is 0 Å². The molecule has 0 N–H and O–H groups in total. The molecule has 1 aliphatic rings. The molecule has 248 valence electrons. The van der Waals surface area contributed by atoms with E-state index in [-0.39, 0.29) is 5.41 Å². The lowest BCUT2D eigenvalue weighted by Gasteiger charge is -2.28. The number of rotatable bonds is 7. The van der Waals surface area contributed by atoms with Crippen LogP contribution in [0.4, 0.5) is 17.1 Å². The van der Waals surface area contributed by atoms with Gasteiger partial charge in [0.2, 0.25) is 0 Å². The minimum absolute atomic E-state index is 0.166. The first-order valence-electron chi connectivity index (χ1n) is 18.1. The van der Waals surface area contributed by atoms with Crippen LogP contribution in [-0.4, -0.2) is 0 Å². The van der Waals surface area contributed by atoms with E-state index in [1.807, 2.05) is 0 Å². The van der Waals surface area contributed by atoms with Crippen molar-refractivity contribution in [1.82, 2.24) is 0 Å². The Kier molecular flexibility index (Phi) is 7.90. The Hall–Kier alpha value is -6.44. The lowest BCUT2D eigenvalue weighted by molar-refractivity contribution is 0.660. The SMILES string of the molecule is CC1(C)c2cc(N(c3ccc(-c4ccccc4)cc3)c3ccc(-c4ccccc4)cc3)ccc2-c2c(-c3ccc(-c4ccccc4)cc3)cccc21. The molecular formula is C51H39N. The van der Waals surface area contributed by atoms with E-state index in [4.69, 9.17) is 0 Å². The summed E-state index contributed by atoms with van der Waals surface area (Å²) in [4.78, 5) is 2.39. The minimum Gasteiger partial charge on any atom is -0.310 e. The van der Waals surface area contributed by atoms with Gasteiger partial charge in [0, 0.05) is 22.5 Å². The Morgan fingerprint density at radius 3 is 1.19 bits per heavy atom. The molecule has 0 saturated carbocycles. The first kappa shape index (κ1) is 31.5. The van der Waals surface area contributed by atoms with E-state index in [1.54, 1.807) is 0 Å². The van der Waals surface area contributed by atoms with E-state index in [2.05, 4.69) is 219 Å². The van der Waals surface area contributed by atoms with Gasteiger partial charge in [-0.15, -0.1) is 0 Å². The second-order valence-electron chi connectivity index (χ2n) is 14.2. The number of nitrogens with zero attached hydrogens (tertiary/aromatic N) is 1. The van der Waals surface area contributed by atoms with Crippen LogP contribution in [-0.2, 0) is 5.41 Å². The van der Waals surface area contributed by atoms with Gasteiger partial charge < -0.3 is 4.90 Å². The van der Waals surface area contributed by atoms with E-state index in [9.17, 15) is 0 Å². The number of hydrogen-bond donors (Lipinski definition) is 0. The van der Waals surface area contributed by atoms with Gasteiger partial charge in [-0.05, 0) is 103 Å². The number of anilines is 3. The van der Waals surface area contributed by atoms with E-state index in [1.165, 1.54) is 66.8 Å². The summed E-state index contributed by atoms with van der Waals surface area (Å²) in [6.07, 6.45) is 0. The predicted molar refractivity (Wildman–Crippen MR) is 220 cm³/mol. The molecule has 0 heterocycles. The molecule has 0 fully saturated rings. The van der Waals surface area contributed by atoms with Crippen LogP contribution < -0.4 is 4.90 Å². The molecule has 1 nitrogen and oxygen atoms in total. The Bertz CT molecular complexity index is 2400. The minimum atomic E-state index is -0.166. The van der Waals surface area contributed by atoms with Crippen LogP contribution >= 0.6 is 0 Å². The third-order valence-corrected chi connectivity index (χ3v) is 10.7. The van der Waals surface area contributed by atoms with Gasteiger partial charge in [0.15, 0.2) is 0 Å². The van der Waals surface area contributed by atoms with Gasteiger partial charge in [-0.1, -0.05) is 178 Å². The Labute approximate surface area is 307 Å². The summed E-state index contributed by atoms with van der Waals surface area (Å²) in [7, 11) is 0. The second-order valence-corrected chi connectivity index (χ2v) is 14.2. The summed E-state index contributed by atoms with van der Waals surface area (Å²) in [5.74, 6) is 0. The topological polar surface area (TPSA) is 3.24 Å². The van der Waals surface area contributed by atoms with Gasteiger partial charge in [-0.25, -0.2) is 0 Å². The Morgan fingerprint density at radius 2 is 0.712 bits per heavy atom. The van der Waals surface area contributed by atoms with Crippen molar-refractivity contribution in [3.05, 3.63) is 211 Å². The fourth-order valence-corrected chi connectivity index (χ4v) is 7.94. The zero-order chi connectivity index (χ0) is 35.1. The van der Waals surface area contributed by atoms with Crippen LogP contribution in [0.2, 0.25) is 0 Å². The third kappa shape index (κ3) is 5.61. The van der Waals surface area contributed by atoms with Crippen molar-refractivity contribution in [2.45, 2.75) is 19.3 Å². The highest BCUT2D eigenvalue weighted by molar-refractivity contribution is 5.94. The highest BCUT2D eigenvalue weighted by Crippen LogP contribution is 2.53. The predicted octanol–water partition coefficient (Wildman–Crippen LogP) is 14.1. The van der Waals surface area contributed by atoms with Crippen molar-refractivity contribution in [2.75, 3.05) is 4.90 Å². The molecule has 8 aromatic rings. The zero-order valence-electron chi connectivity index (χ0n) is 29.5. The van der Waals surface area contributed by atoms with E-state index in [0.29, 0.717) is 0 Å². The normalized spacial score (nSPS) is 12.6. The fraction of sp³-hybridized carbons (Fsp3) is 0.0588. The lowest BCUT2D eigenvalue weighted by atomic mass is 9.81. The molecule has 0 aliphatic heterocycles. The summed E-state index contributed by atoms with van der Waals surface area (Å²) < 4.78 is 0. The Balaban J connectivity index is 1.14. The van der Waals surface area contributed by atoms with Gasteiger partial charge in [-0.2, -0.15) is 0 Å². The fourth-order valence-electron chi connectivity index (χ4n) is 7.94. The lowest BCUT2D eigenvalue weighted by Crippen LogP contribution is -2.16. The van der Waals surface area contributed by atoms with Crippen LogP contribution in [0.5, 0.6) is 0 Å². The summed E-state index contributed by atoms with van der Waals surface area (Å²) in [5, 5.41) is 0. The number of hydrogen-bond acceptors (Lipinski definition) is 1. The largest absolute Gasteiger partial charge is 0.310 e. The van der Waals surface area contributed by atoms with Crippen molar-refractivity contribution in [1.29, 1.82) is 0 Å². The third-order valence-electron chi connectivity index (χ3n) is 10.7. The average Bonchev–Trinajstić information content (AvgIpc) is 3.45. The van der Waals surface area contributed by atoms with Crippen LogP contribution in [0, 0.1) is 0 Å². The first-order chi connectivity index (χ1) is 25.5. The van der Waals surface area contributed by atoms with E-state index >= 15 is 0 Å². The molecule has 52 heavy (non-hydrogen) atoms. The van der Waals surface area contributed by atoms with Crippen molar-refractivity contribution in [2.24, 2.45) is 0 Å². The molecule has 1 heteroatoms. The number of benzene rings is 8. The molecule has 0 unspecified atom stereocenters. The molecule has 0 aromatic heterocycles. The molecule has 1 aliphatic carbocycles. The highest BCUT2D eigenvalue weighted by atomic mass is 15.1. The summed E-state index contributed by atoms with van der Waals surface area (Å²) in [6.45, 7) is 4.74. The van der Waals surface area contributed by atoms with Crippen molar-refractivity contribution >= 4 is 17.1 Å². The molecule has 0 spiro atoms. The molecule has 0 radical (unpaired) electrons. The van der Waals surface area contributed by atoms with E-state index < -0.39 is 0 Å². The van der Waals surface area contributed by atoms with E-state index in [0.717, 1.165) is 17.1 Å². The van der Waals surface area contributed by atoms with Crippen LogP contribution in [0.1, 0.15) is 25.0 Å². The smallest absolute Gasteiger partial charge is 0.0465 e. The van der Waals surface area contributed by atoms with Crippen LogP contribution in [0.15, 0.2) is 200 Å². The highest BCUT2D eigenvalue weighted by Gasteiger charge is 2.37. The molecule has 0 atom stereocenters. The average molecular weight is 666 g/mol. The summed E-state index contributed by atoms with van der Waals surface area (Å²) in [6, 6.07) is 72.7. The summed E-state index contributed by atoms with van der Waals surface area (Å²) >= 11 is 0.